The highest BCUT2D eigenvalue weighted by Crippen LogP contribution is 2.20. The molecule has 44 heavy (non-hydrogen) atoms. The van der Waals surface area contributed by atoms with E-state index in [0.29, 0.717) is 104 Å². The van der Waals surface area contributed by atoms with Crippen molar-refractivity contribution in [3.8, 4) is 0 Å². The Labute approximate surface area is 267 Å². The summed E-state index contributed by atoms with van der Waals surface area (Å²) in [6, 6.07) is 0.256. The van der Waals surface area contributed by atoms with E-state index in [2.05, 4.69) is 45.3 Å². The standard InChI is InChI=1S/C18H38O8.C13H25NO.CH3NO/c1-3-4-20-7-8-22-11-12-24-15-16-26-18-17-25-14-13-23-10-9-21-6-5-19-2;1-5-7-8-9-13(14-10-15)12(6-2)11(3)4;2-1-3/h3-18H2,1-2H3;6,10-13H,2,5,7-9H2,1,3-4H3,(H,14,15);1H,(H2,2,3). The quantitative estimate of drug-likeness (QED) is 0.0639. The first-order chi connectivity index (χ1) is 21.5. The molecule has 2 amide bonds. The van der Waals surface area contributed by atoms with Crippen molar-refractivity contribution in [2.75, 3.05) is 106 Å². The van der Waals surface area contributed by atoms with Crippen LogP contribution in [0.1, 0.15) is 59.8 Å². The maximum Gasteiger partial charge on any atom is 0.207 e. The van der Waals surface area contributed by atoms with Gasteiger partial charge in [0.25, 0.3) is 0 Å². The Morgan fingerprint density at radius 3 is 1.27 bits per heavy atom. The Kier molecular flexibility index (Phi) is 46.2. The highest BCUT2D eigenvalue weighted by molar-refractivity contribution is 5.46. The number of hydrogen-bond donors (Lipinski definition) is 2. The van der Waals surface area contributed by atoms with Gasteiger partial charge < -0.3 is 48.9 Å². The monoisotopic (exact) mass is 638 g/mol. The molecule has 12 heteroatoms. The summed E-state index contributed by atoms with van der Waals surface area (Å²) < 4.78 is 42.4. The number of carbonyl (C=O) groups is 2. The molecule has 0 aromatic carbocycles. The molecule has 0 radical (unpaired) electrons. The van der Waals surface area contributed by atoms with Crippen molar-refractivity contribution in [2.45, 2.75) is 65.8 Å². The van der Waals surface area contributed by atoms with Crippen LogP contribution in [-0.4, -0.2) is 125 Å². The average Bonchev–Trinajstić information content (AvgIpc) is 3.01. The van der Waals surface area contributed by atoms with E-state index in [1.165, 1.54) is 19.3 Å². The number of rotatable bonds is 32. The van der Waals surface area contributed by atoms with Crippen LogP contribution in [-0.2, 0) is 47.5 Å². The smallest absolute Gasteiger partial charge is 0.207 e. The number of ether oxygens (including phenoxy) is 8. The minimum absolute atomic E-state index is 0.250. The van der Waals surface area contributed by atoms with Gasteiger partial charge in [0.05, 0.1) is 92.5 Å². The number of unbranched alkanes of at least 4 members (excludes halogenated alkanes) is 2. The van der Waals surface area contributed by atoms with Gasteiger partial charge in [-0.2, -0.15) is 0 Å². The highest BCUT2D eigenvalue weighted by atomic mass is 16.6. The highest BCUT2D eigenvalue weighted by Gasteiger charge is 2.20. The van der Waals surface area contributed by atoms with Crippen LogP contribution in [0.2, 0.25) is 0 Å². The van der Waals surface area contributed by atoms with Gasteiger partial charge in [-0.05, 0) is 24.7 Å². The lowest BCUT2D eigenvalue weighted by Gasteiger charge is -2.27. The summed E-state index contributed by atoms with van der Waals surface area (Å²) in [5.41, 5.74) is 4.17. The Morgan fingerprint density at radius 1 is 0.636 bits per heavy atom. The van der Waals surface area contributed by atoms with Crippen LogP contribution in [0, 0.1) is 11.8 Å². The van der Waals surface area contributed by atoms with Crippen molar-refractivity contribution >= 4 is 12.8 Å². The Hall–Kier alpha value is -1.64. The summed E-state index contributed by atoms with van der Waals surface area (Å²) >= 11 is 0. The molecular weight excluding hydrogens is 572 g/mol. The van der Waals surface area contributed by atoms with E-state index in [0.717, 1.165) is 25.9 Å². The Balaban J connectivity index is -0.000000787. The summed E-state index contributed by atoms with van der Waals surface area (Å²) in [5, 5.41) is 2.92. The fraction of sp³-hybridized carbons (Fsp3) is 0.875. The molecule has 0 spiro atoms. The van der Waals surface area contributed by atoms with Crippen LogP contribution >= 0.6 is 0 Å². The lowest BCUT2D eigenvalue weighted by Crippen LogP contribution is -2.36. The zero-order valence-electron chi connectivity index (χ0n) is 28.5. The summed E-state index contributed by atoms with van der Waals surface area (Å²) in [5.74, 6) is 0.911. The minimum Gasteiger partial charge on any atom is -0.382 e. The molecule has 0 saturated carbocycles. The fourth-order valence-electron chi connectivity index (χ4n) is 3.70. The number of carbonyl (C=O) groups excluding carboxylic acids is 2. The molecule has 3 N–H and O–H groups in total. The summed E-state index contributed by atoms with van der Waals surface area (Å²) in [4.78, 5) is 19.1. The lowest BCUT2D eigenvalue weighted by molar-refractivity contribution is -0.110. The number of hydrogen-bond acceptors (Lipinski definition) is 10. The summed E-state index contributed by atoms with van der Waals surface area (Å²) in [7, 11) is 1.65. The third-order valence-corrected chi connectivity index (χ3v) is 5.92. The van der Waals surface area contributed by atoms with Crippen LogP contribution < -0.4 is 11.1 Å². The van der Waals surface area contributed by atoms with E-state index in [1.54, 1.807) is 7.11 Å². The first kappa shape index (κ1) is 46.8. The van der Waals surface area contributed by atoms with Gasteiger partial charge in [0.1, 0.15) is 0 Å². The second-order valence-electron chi connectivity index (χ2n) is 9.86. The molecule has 0 saturated heterocycles. The molecule has 0 bridgehead atoms. The molecule has 0 aromatic heterocycles. The maximum atomic E-state index is 10.5. The van der Waals surface area contributed by atoms with Crippen molar-refractivity contribution < 1.29 is 47.5 Å². The van der Waals surface area contributed by atoms with Gasteiger partial charge >= 0.3 is 0 Å². The van der Waals surface area contributed by atoms with E-state index in [9.17, 15) is 4.79 Å². The average molecular weight is 639 g/mol. The van der Waals surface area contributed by atoms with Gasteiger partial charge in [-0.1, -0.05) is 53.0 Å². The minimum atomic E-state index is 0.250. The molecule has 264 valence electrons. The van der Waals surface area contributed by atoms with Crippen LogP contribution in [0.15, 0.2) is 12.7 Å². The first-order valence-electron chi connectivity index (χ1n) is 16.0. The third kappa shape index (κ3) is 40.4. The second kappa shape index (κ2) is 43.5. The summed E-state index contributed by atoms with van der Waals surface area (Å²) in [6.07, 6.45) is 8.76. The lowest BCUT2D eigenvalue weighted by atomic mass is 9.86. The van der Waals surface area contributed by atoms with E-state index >= 15 is 0 Å². The van der Waals surface area contributed by atoms with Crippen molar-refractivity contribution in [1.29, 1.82) is 0 Å². The van der Waals surface area contributed by atoms with Gasteiger partial charge in [0.15, 0.2) is 0 Å². The first-order valence-corrected chi connectivity index (χ1v) is 16.0. The number of amides is 2. The number of nitrogens with two attached hydrogens (primary N) is 1. The Bertz CT molecular complexity index is 535. The molecule has 0 heterocycles. The molecule has 0 aliphatic heterocycles. The molecule has 0 aliphatic carbocycles. The fourth-order valence-corrected chi connectivity index (χ4v) is 3.70. The maximum absolute atomic E-state index is 10.5. The molecule has 0 aliphatic rings. The largest absolute Gasteiger partial charge is 0.382 e. The van der Waals surface area contributed by atoms with Gasteiger partial charge in [-0.15, -0.1) is 6.58 Å². The number of primary amides is 1. The van der Waals surface area contributed by atoms with Crippen LogP contribution in [0.3, 0.4) is 0 Å². The summed E-state index contributed by atoms with van der Waals surface area (Å²) in [6.45, 7) is 21.3. The van der Waals surface area contributed by atoms with E-state index in [1.807, 2.05) is 6.08 Å². The van der Waals surface area contributed by atoms with Crippen molar-refractivity contribution in [3.05, 3.63) is 12.7 Å². The van der Waals surface area contributed by atoms with Gasteiger partial charge in [-0.3, -0.25) is 9.59 Å². The van der Waals surface area contributed by atoms with Crippen molar-refractivity contribution in [1.82, 2.24) is 5.32 Å². The van der Waals surface area contributed by atoms with E-state index in [-0.39, 0.29) is 12.5 Å². The van der Waals surface area contributed by atoms with Crippen LogP contribution in [0.4, 0.5) is 0 Å². The molecule has 12 nitrogen and oxygen atoms in total. The van der Waals surface area contributed by atoms with Gasteiger partial charge in [0, 0.05) is 19.8 Å². The predicted octanol–water partition coefficient (Wildman–Crippen LogP) is 3.40. The molecule has 0 fully saturated rings. The van der Waals surface area contributed by atoms with E-state index < -0.39 is 0 Å². The normalized spacial score (nSPS) is 12.0. The third-order valence-electron chi connectivity index (χ3n) is 5.92. The van der Waals surface area contributed by atoms with E-state index in [4.69, 9.17) is 42.7 Å². The zero-order chi connectivity index (χ0) is 33.4. The van der Waals surface area contributed by atoms with Gasteiger partial charge in [-0.25, -0.2) is 0 Å². The molecule has 2 atom stereocenters. The van der Waals surface area contributed by atoms with Crippen LogP contribution in [0.5, 0.6) is 0 Å². The molecule has 0 rings (SSSR count). The molecule has 0 aromatic rings. The van der Waals surface area contributed by atoms with Crippen LogP contribution in [0.25, 0.3) is 0 Å². The SMILES string of the molecule is C=CC(C(C)C)C(CCCCC)NC=O.CCCOCCOCCOCCOCCOCCOCCOCCOC.NC=O. The van der Waals surface area contributed by atoms with Crippen molar-refractivity contribution in [2.24, 2.45) is 17.6 Å². The zero-order valence-corrected chi connectivity index (χ0v) is 28.5. The number of nitrogens with one attached hydrogen (secondary N) is 1. The Morgan fingerprint density at radius 2 is 1.00 bits per heavy atom. The molecule has 2 unspecified atom stereocenters. The predicted molar refractivity (Wildman–Crippen MR) is 174 cm³/mol. The number of methoxy groups -OCH3 is 1. The second-order valence-corrected chi connectivity index (χ2v) is 9.86. The van der Waals surface area contributed by atoms with Gasteiger partial charge in [0.2, 0.25) is 12.8 Å². The topological polar surface area (TPSA) is 146 Å². The van der Waals surface area contributed by atoms with Crippen molar-refractivity contribution in [3.63, 3.8) is 0 Å². The molecular formula is C32H66N2O10.